The van der Waals surface area contributed by atoms with Crippen LogP contribution in [0.2, 0.25) is 0 Å². The number of carbonyl (C=O) groups excluding carboxylic acids is 1. The van der Waals surface area contributed by atoms with Crippen molar-refractivity contribution in [1.29, 1.82) is 0 Å². The van der Waals surface area contributed by atoms with Gasteiger partial charge >= 0.3 is 0 Å². The smallest absolute Gasteiger partial charge is 0.219 e. The fourth-order valence-corrected chi connectivity index (χ4v) is 3.70. The lowest BCUT2D eigenvalue weighted by atomic mass is 10.2. The number of carbonyl (C=O) groups is 1. The summed E-state index contributed by atoms with van der Waals surface area (Å²) in [7, 11) is 0. The first-order valence-corrected chi connectivity index (χ1v) is 9.77. The number of anilines is 1. The topological polar surface area (TPSA) is 108 Å². The number of fused-ring (bicyclic) bond motifs is 1. The van der Waals surface area contributed by atoms with Gasteiger partial charge in [0.2, 0.25) is 5.91 Å². The van der Waals surface area contributed by atoms with Gasteiger partial charge in [-0.2, -0.15) is 5.10 Å². The Labute approximate surface area is 172 Å². The molecule has 1 amide bonds. The molecule has 1 saturated heterocycles. The zero-order valence-electron chi connectivity index (χ0n) is 16.8. The first-order valence-electron chi connectivity index (χ1n) is 9.77. The van der Waals surface area contributed by atoms with E-state index in [1.165, 1.54) is 0 Å². The second-order valence-electron chi connectivity index (χ2n) is 7.28. The lowest BCUT2D eigenvalue weighted by Crippen LogP contribution is -2.48. The van der Waals surface area contributed by atoms with Crippen molar-refractivity contribution in [3.8, 4) is 22.8 Å². The number of imidazole rings is 1. The van der Waals surface area contributed by atoms with Crippen LogP contribution in [0.1, 0.15) is 12.6 Å². The Bertz CT molecular complexity index is 1220. The Morgan fingerprint density at radius 2 is 1.90 bits per heavy atom. The number of rotatable bonds is 3. The predicted molar refractivity (Wildman–Crippen MR) is 111 cm³/mol. The third kappa shape index (κ3) is 3.15. The highest BCUT2D eigenvalue weighted by Gasteiger charge is 2.20. The first kappa shape index (κ1) is 18.2. The Morgan fingerprint density at radius 3 is 2.63 bits per heavy atom. The van der Waals surface area contributed by atoms with E-state index in [0.29, 0.717) is 18.9 Å². The van der Waals surface area contributed by atoms with E-state index < -0.39 is 0 Å². The van der Waals surface area contributed by atoms with Gasteiger partial charge in [-0.1, -0.05) is 0 Å². The highest BCUT2D eigenvalue weighted by atomic mass is 16.2. The van der Waals surface area contributed by atoms with Gasteiger partial charge in [-0.05, 0) is 13.0 Å². The van der Waals surface area contributed by atoms with Crippen molar-refractivity contribution in [1.82, 2.24) is 39.4 Å². The monoisotopic (exact) mass is 403 g/mol. The van der Waals surface area contributed by atoms with Crippen LogP contribution in [-0.4, -0.2) is 71.5 Å². The zero-order valence-corrected chi connectivity index (χ0v) is 16.8. The molecule has 5 rings (SSSR count). The molecule has 0 unspecified atom stereocenters. The molecule has 30 heavy (non-hydrogen) atoms. The van der Waals surface area contributed by atoms with E-state index in [0.717, 1.165) is 47.2 Å². The summed E-state index contributed by atoms with van der Waals surface area (Å²) in [6.45, 7) is 6.46. The standard InChI is InChI=1S/C20H21N9O/c1-13-15(9-24-26-13)16-12-29-17(10-23-19(29)11-22-16)20-21-4-3-18(25-20)28-7-5-27(6-8-28)14(2)30/h3-4,9-12H,5-8H2,1-2H3,(H,24,26). The van der Waals surface area contributed by atoms with E-state index in [-0.39, 0.29) is 5.91 Å². The molecule has 1 N–H and O–H groups in total. The molecule has 0 atom stereocenters. The van der Waals surface area contributed by atoms with Gasteiger partial charge in [0.1, 0.15) is 11.5 Å². The Morgan fingerprint density at radius 1 is 1.07 bits per heavy atom. The van der Waals surface area contributed by atoms with Crippen molar-refractivity contribution in [3.63, 3.8) is 0 Å². The summed E-state index contributed by atoms with van der Waals surface area (Å²) in [5, 5.41) is 7.02. The van der Waals surface area contributed by atoms with Crippen molar-refractivity contribution >= 4 is 17.4 Å². The highest BCUT2D eigenvalue weighted by molar-refractivity contribution is 5.73. The van der Waals surface area contributed by atoms with Crippen LogP contribution in [-0.2, 0) is 4.79 Å². The summed E-state index contributed by atoms with van der Waals surface area (Å²) in [6, 6.07) is 1.90. The Hall–Kier alpha value is -3.82. The molecule has 5 heterocycles. The van der Waals surface area contributed by atoms with Crippen LogP contribution < -0.4 is 4.90 Å². The molecule has 4 aromatic heterocycles. The average Bonchev–Trinajstić information content (AvgIpc) is 3.39. The lowest BCUT2D eigenvalue weighted by Gasteiger charge is -2.34. The normalized spacial score (nSPS) is 14.5. The molecule has 1 aliphatic rings. The molecule has 1 fully saturated rings. The summed E-state index contributed by atoms with van der Waals surface area (Å²) >= 11 is 0. The largest absolute Gasteiger partial charge is 0.353 e. The molecular formula is C20H21N9O. The number of aryl methyl sites for hydroxylation is 1. The van der Waals surface area contributed by atoms with Gasteiger partial charge in [-0.15, -0.1) is 0 Å². The van der Waals surface area contributed by atoms with Gasteiger partial charge < -0.3 is 9.80 Å². The minimum atomic E-state index is 0.112. The maximum absolute atomic E-state index is 11.6. The predicted octanol–water partition coefficient (Wildman–Crippen LogP) is 1.55. The minimum absolute atomic E-state index is 0.112. The fraction of sp³-hybridized carbons (Fsp3) is 0.300. The average molecular weight is 403 g/mol. The third-order valence-corrected chi connectivity index (χ3v) is 5.42. The lowest BCUT2D eigenvalue weighted by molar-refractivity contribution is -0.129. The number of aromatic amines is 1. The number of H-pyrrole nitrogens is 1. The number of hydrogen-bond acceptors (Lipinski definition) is 7. The molecule has 0 aliphatic carbocycles. The number of aromatic nitrogens is 7. The van der Waals surface area contributed by atoms with Crippen molar-refractivity contribution in [2.45, 2.75) is 13.8 Å². The second-order valence-corrected chi connectivity index (χ2v) is 7.28. The second kappa shape index (κ2) is 7.21. The van der Waals surface area contributed by atoms with Gasteiger partial charge in [0.05, 0.1) is 24.3 Å². The first-order chi connectivity index (χ1) is 14.6. The van der Waals surface area contributed by atoms with E-state index in [9.17, 15) is 4.79 Å². The van der Waals surface area contributed by atoms with Crippen molar-refractivity contribution in [2.24, 2.45) is 0 Å². The molecular weight excluding hydrogens is 382 g/mol. The molecule has 10 heteroatoms. The number of piperazine rings is 1. The Balaban J connectivity index is 1.48. The minimum Gasteiger partial charge on any atom is -0.353 e. The summed E-state index contributed by atoms with van der Waals surface area (Å²) in [4.78, 5) is 33.8. The quantitative estimate of drug-likeness (QED) is 0.553. The molecule has 0 radical (unpaired) electrons. The van der Waals surface area contributed by atoms with Gasteiger partial charge in [0, 0.05) is 56.8 Å². The van der Waals surface area contributed by atoms with Gasteiger partial charge in [-0.25, -0.2) is 15.0 Å². The highest BCUT2D eigenvalue weighted by Crippen LogP contribution is 2.24. The molecule has 0 saturated carbocycles. The maximum atomic E-state index is 11.6. The van der Waals surface area contributed by atoms with E-state index >= 15 is 0 Å². The van der Waals surface area contributed by atoms with Crippen LogP contribution in [0.3, 0.4) is 0 Å². The summed E-state index contributed by atoms with van der Waals surface area (Å²) in [5.74, 6) is 1.55. The number of hydrogen-bond donors (Lipinski definition) is 1. The number of amides is 1. The number of nitrogens with one attached hydrogen (secondary N) is 1. The van der Waals surface area contributed by atoms with Crippen molar-refractivity contribution < 1.29 is 4.79 Å². The summed E-state index contributed by atoms with van der Waals surface area (Å²) < 4.78 is 1.95. The maximum Gasteiger partial charge on any atom is 0.219 e. The van der Waals surface area contributed by atoms with Crippen LogP contribution in [0.15, 0.2) is 37.1 Å². The molecule has 152 valence electrons. The molecule has 4 aromatic rings. The molecule has 0 spiro atoms. The van der Waals surface area contributed by atoms with E-state index in [4.69, 9.17) is 4.98 Å². The van der Waals surface area contributed by atoms with Gasteiger partial charge in [0.15, 0.2) is 11.5 Å². The number of nitrogens with zero attached hydrogens (tertiary/aromatic N) is 8. The SMILES string of the molecule is CC(=O)N1CCN(c2ccnc(-c3cnc4cnc(-c5cn[nH]c5C)cn34)n2)CC1. The van der Waals surface area contributed by atoms with Crippen LogP contribution in [0.4, 0.5) is 5.82 Å². The summed E-state index contributed by atoms with van der Waals surface area (Å²) in [6.07, 6.45) is 8.94. The van der Waals surface area contributed by atoms with Gasteiger partial charge in [-0.3, -0.25) is 19.3 Å². The van der Waals surface area contributed by atoms with Crippen LogP contribution in [0, 0.1) is 6.92 Å². The van der Waals surface area contributed by atoms with Crippen LogP contribution >= 0.6 is 0 Å². The van der Waals surface area contributed by atoms with Crippen LogP contribution in [0.25, 0.3) is 28.4 Å². The fourth-order valence-electron chi connectivity index (χ4n) is 3.70. The molecule has 10 nitrogen and oxygen atoms in total. The zero-order chi connectivity index (χ0) is 20.7. The van der Waals surface area contributed by atoms with Crippen LogP contribution in [0.5, 0.6) is 0 Å². The van der Waals surface area contributed by atoms with Crippen molar-refractivity contribution in [2.75, 3.05) is 31.1 Å². The van der Waals surface area contributed by atoms with E-state index in [2.05, 4.69) is 30.0 Å². The molecule has 0 bridgehead atoms. The summed E-state index contributed by atoms with van der Waals surface area (Å²) in [5.41, 5.74) is 4.20. The molecule has 1 aliphatic heterocycles. The Kier molecular flexibility index (Phi) is 4.38. The third-order valence-electron chi connectivity index (χ3n) is 5.42. The van der Waals surface area contributed by atoms with Gasteiger partial charge in [0.25, 0.3) is 0 Å². The van der Waals surface area contributed by atoms with E-state index in [1.807, 2.05) is 28.5 Å². The van der Waals surface area contributed by atoms with Crippen molar-refractivity contribution in [3.05, 3.63) is 42.7 Å². The van der Waals surface area contributed by atoms with E-state index in [1.54, 1.807) is 31.7 Å². The molecule has 0 aromatic carbocycles.